The molecule has 4 aromatic rings. The van der Waals surface area contributed by atoms with Crippen molar-refractivity contribution < 1.29 is 18.7 Å². The maximum atomic E-state index is 15.1. The van der Waals surface area contributed by atoms with Gasteiger partial charge in [0.15, 0.2) is 38.5 Å². The Morgan fingerprint density at radius 1 is 0.892 bits per heavy atom. The molecule has 0 spiro atoms. The van der Waals surface area contributed by atoms with Crippen LogP contribution in [0.3, 0.4) is 0 Å². The first-order valence-electron chi connectivity index (χ1n) is 11.7. The van der Waals surface area contributed by atoms with Crippen molar-refractivity contribution in [2.24, 2.45) is 0 Å². The van der Waals surface area contributed by atoms with Crippen LogP contribution in [-0.2, 0) is 20.4 Å². The Bertz CT molecular complexity index is 1370. The quantitative estimate of drug-likeness (QED) is 0.113. The molecule has 0 N–H and O–H groups in total. The number of rotatable bonds is 8. The molecule has 0 saturated heterocycles. The minimum absolute atomic E-state index is 0.0268. The van der Waals surface area contributed by atoms with Gasteiger partial charge < -0.3 is 9.47 Å². The fourth-order valence-corrected chi connectivity index (χ4v) is 5.59. The van der Waals surface area contributed by atoms with E-state index in [-0.39, 0.29) is 5.75 Å². The second-order valence-electron chi connectivity index (χ2n) is 8.21. The highest BCUT2D eigenvalue weighted by Gasteiger charge is 2.29. The lowest BCUT2D eigenvalue weighted by atomic mass is 10.1. The van der Waals surface area contributed by atoms with Crippen molar-refractivity contribution in [3.63, 3.8) is 0 Å². The molecule has 0 amide bonds. The van der Waals surface area contributed by atoms with Crippen LogP contribution in [0.4, 0.5) is 4.39 Å². The number of benzene rings is 4. The summed E-state index contributed by atoms with van der Waals surface area (Å²) in [5, 5.41) is 0. The largest absolute Gasteiger partial charge is 0.479 e. The van der Waals surface area contributed by atoms with Crippen LogP contribution >= 0.6 is 0 Å². The van der Waals surface area contributed by atoms with Crippen molar-refractivity contribution in [1.82, 2.24) is 0 Å². The minimum Gasteiger partial charge on any atom is -0.479 e. The maximum Gasteiger partial charge on any atom is 0.345 e. The first kappa shape index (κ1) is 25.8. The normalized spacial score (nSPS) is 12.1. The van der Waals surface area contributed by atoms with E-state index in [1.165, 1.54) is 12.1 Å². The molecule has 3 nitrogen and oxygen atoms in total. The zero-order chi connectivity index (χ0) is 26.1. The third kappa shape index (κ3) is 6.91. The fraction of sp³-hybridized carbons (Fsp3) is 0.0938. The van der Waals surface area contributed by atoms with E-state index in [0.717, 1.165) is 20.2 Å². The molecule has 4 rings (SSSR count). The summed E-state index contributed by atoms with van der Waals surface area (Å²) in [6.45, 7) is 4.90. The van der Waals surface area contributed by atoms with Gasteiger partial charge in [-0.15, -0.1) is 0 Å². The number of carbonyl (C=O) groups excluding carboxylic acids is 1. The number of carbonyl (C=O) groups is 1. The number of ether oxygens (including phenoxy) is 2. The van der Waals surface area contributed by atoms with Crippen LogP contribution in [-0.4, -0.2) is 18.2 Å². The predicted molar refractivity (Wildman–Crippen MR) is 145 cm³/mol. The molecule has 0 aromatic heterocycles. The van der Waals surface area contributed by atoms with E-state index < -0.39 is 34.9 Å². The van der Waals surface area contributed by atoms with Crippen LogP contribution in [0.1, 0.15) is 12.5 Å². The summed E-state index contributed by atoms with van der Waals surface area (Å²) in [4.78, 5) is 15.4. The maximum absolute atomic E-state index is 15.1. The third-order valence-corrected chi connectivity index (χ3v) is 7.60. The molecule has 0 fully saturated rings. The van der Waals surface area contributed by atoms with Gasteiger partial charge in [0.05, 0.1) is 10.9 Å². The van der Waals surface area contributed by atoms with Gasteiger partial charge in [0, 0.05) is 11.6 Å². The number of hydrogen-bond acceptors (Lipinski definition) is 3. The molecule has 1 unspecified atom stereocenters. The molecule has 184 valence electrons. The summed E-state index contributed by atoms with van der Waals surface area (Å²) in [7, 11) is -0.492. The zero-order valence-electron chi connectivity index (χ0n) is 20.4. The topological polar surface area (TPSA) is 35.5 Å². The van der Waals surface area contributed by atoms with Gasteiger partial charge in [-0.1, -0.05) is 67.1 Å². The third-order valence-electron chi connectivity index (χ3n) is 5.39. The van der Waals surface area contributed by atoms with E-state index >= 15 is 4.39 Å². The molecule has 1 atom stereocenters. The van der Waals surface area contributed by atoms with Gasteiger partial charge in [-0.05, 0) is 67.5 Å². The van der Waals surface area contributed by atoms with Crippen LogP contribution in [0, 0.1) is 17.7 Å². The first-order valence-corrected chi connectivity index (χ1v) is 12.9. The Labute approximate surface area is 219 Å². The molecule has 5 heteroatoms. The van der Waals surface area contributed by atoms with Crippen LogP contribution in [0.25, 0.3) is 0 Å². The van der Waals surface area contributed by atoms with Gasteiger partial charge >= 0.3 is 5.97 Å². The zero-order valence-corrected chi connectivity index (χ0v) is 21.2. The molecule has 4 aromatic carbocycles. The lowest BCUT2D eigenvalue weighted by Gasteiger charge is -2.20. The average molecular weight is 510 g/mol. The molecule has 0 aliphatic heterocycles. The van der Waals surface area contributed by atoms with E-state index in [1.807, 2.05) is 97.1 Å². The number of halogens is 1. The van der Waals surface area contributed by atoms with Crippen LogP contribution < -0.4 is 4.74 Å². The van der Waals surface area contributed by atoms with Gasteiger partial charge in [0.25, 0.3) is 0 Å². The van der Waals surface area contributed by atoms with Gasteiger partial charge in [0.2, 0.25) is 0 Å². The second-order valence-corrected chi connectivity index (χ2v) is 10.2. The first-order chi connectivity index (χ1) is 18.0. The van der Waals surface area contributed by atoms with Crippen molar-refractivity contribution in [1.29, 1.82) is 0 Å². The van der Waals surface area contributed by atoms with Crippen molar-refractivity contribution in [3.05, 3.63) is 133 Å². The molecule has 37 heavy (non-hydrogen) atoms. The average Bonchev–Trinajstić information content (AvgIpc) is 2.93. The Morgan fingerprint density at radius 3 is 2.00 bits per heavy atom. The van der Waals surface area contributed by atoms with E-state index in [1.54, 1.807) is 13.0 Å². The Balaban J connectivity index is 1.46. The molecule has 0 aliphatic rings. The van der Waals surface area contributed by atoms with E-state index in [4.69, 9.17) is 9.47 Å². The molecular weight excluding hydrogens is 483 g/mol. The van der Waals surface area contributed by atoms with Gasteiger partial charge in [-0.3, -0.25) is 0 Å². The van der Waals surface area contributed by atoms with Crippen molar-refractivity contribution in [2.45, 2.75) is 27.2 Å². The molecule has 0 bridgehead atoms. The Hall–Kier alpha value is -4.27. The highest BCUT2D eigenvalue weighted by Crippen LogP contribution is 2.33. The molecule has 0 heterocycles. The summed E-state index contributed by atoms with van der Waals surface area (Å²) in [5.74, 6) is 4.63. The minimum atomic E-state index is -1.21. The van der Waals surface area contributed by atoms with E-state index in [2.05, 4.69) is 18.4 Å². The highest BCUT2D eigenvalue weighted by atomic mass is 32.2. The van der Waals surface area contributed by atoms with Crippen LogP contribution in [0.15, 0.2) is 137 Å². The molecule has 0 aliphatic carbocycles. The smallest absolute Gasteiger partial charge is 0.345 e. The number of hydrogen-bond donors (Lipinski definition) is 0. The summed E-state index contributed by atoms with van der Waals surface area (Å²) in [6.07, 6.45) is 1.45. The predicted octanol–water partition coefficient (Wildman–Crippen LogP) is 6.84. The summed E-state index contributed by atoms with van der Waals surface area (Å²) >= 11 is 0. The molecule has 0 saturated carbocycles. The summed E-state index contributed by atoms with van der Waals surface area (Å²) in [5.41, 5.74) is -0.423. The van der Waals surface area contributed by atoms with Gasteiger partial charge in [0.1, 0.15) is 0 Å². The van der Waals surface area contributed by atoms with E-state index in [0.29, 0.717) is 0 Å². The SMILES string of the molecule is C=CC(C)(C#Cc1ccccc1)OC(=O)COc1ccc([S+](c2ccccc2)c2ccccc2)cc1F. The lowest BCUT2D eigenvalue weighted by Crippen LogP contribution is -2.30. The van der Waals surface area contributed by atoms with E-state index in [9.17, 15) is 4.79 Å². The van der Waals surface area contributed by atoms with Crippen molar-refractivity contribution in [3.8, 4) is 17.6 Å². The summed E-state index contributed by atoms with van der Waals surface area (Å²) in [6, 6.07) is 34.1. The van der Waals surface area contributed by atoms with Gasteiger partial charge in [-0.25, -0.2) is 9.18 Å². The monoisotopic (exact) mass is 509 g/mol. The lowest BCUT2D eigenvalue weighted by molar-refractivity contribution is -0.152. The molecule has 0 radical (unpaired) electrons. The number of esters is 1. The van der Waals surface area contributed by atoms with Crippen molar-refractivity contribution >= 4 is 16.9 Å². The van der Waals surface area contributed by atoms with Crippen molar-refractivity contribution in [2.75, 3.05) is 6.61 Å². The molecular formula is C32H26FO3S+. The Kier molecular flexibility index (Phi) is 8.45. The highest BCUT2D eigenvalue weighted by molar-refractivity contribution is 7.97. The van der Waals surface area contributed by atoms with Gasteiger partial charge in [-0.2, -0.15) is 0 Å². The Morgan fingerprint density at radius 2 is 1.46 bits per heavy atom. The van der Waals surface area contributed by atoms with Crippen LogP contribution in [0.5, 0.6) is 5.75 Å². The van der Waals surface area contributed by atoms with Crippen LogP contribution in [0.2, 0.25) is 0 Å². The standard InChI is InChI=1S/C32H26FO3S/c1-3-32(2,22-21-25-13-7-4-8-14-25)36-31(34)24-35-30-20-19-28(23-29(30)33)37(26-15-9-5-10-16-26)27-17-11-6-12-18-27/h3-20,23H,1,24H2,2H3/q+1. The second kappa shape index (κ2) is 12.1. The fourth-order valence-electron chi connectivity index (χ4n) is 3.49. The summed E-state index contributed by atoms with van der Waals surface area (Å²) < 4.78 is 26.0.